The normalized spacial score (nSPS) is 16.4. The number of hydrogen-bond donors (Lipinski definition) is 1. The predicted molar refractivity (Wildman–Crippen MR) is 293 cm³/mol. The molecule has 8 aromatic carbocycles. The second-order valence-corrected chi connectivity index (χ2v) is 24.2. The van der Waals surface area contributed by atoms with E-state index in [-0.39, 0.29) is 21.7 Å². The molecule has 3 aromatic heterocycles. The highest BCUT2D eigenvalue weighted by atomic mass is 32.1. The number of thiophene rings is 1. The van der Waals surface area contributed by atoms with E-state index >= 15 is 0 Å². The second-order valence-electron chi connectivity index (χ2n) is 23.1. The minimum Gasteiger partial charge on any atom is -0.456 e. The van der Waals surface area contributed by atoms with Gasteiger partial charge in [0.25, 0.3) is 0 Å². The van der Waals surface area contributed by atoms with Crippen LogP contribution in [-0.4, -0.2) is 11.8 Å². The Bertz CT molecular complexity index is 4030. The molecule has 2 aliphatic carbocycles. The molecule has 5 heteroatoms. The number of rotatable bonds is 3. The van der Waals surface area contributed by atoms with Crippen molar-refractivity contribution in [2.75, 3.05) is 5.32 Å². The van der Waals surface area contributed by atoms with Crippen molar-refractivity contribution in [3.8, 4) is 27.9 Å². The van der Waals surface area contributed by atoms with E-state index in [0.717, 1.165) is 38.8 Å². The molecule has 0 fully saturated rings. The number of nitrogens with zero attached hydrogens (tertiary/aromatic N) is 1. The standard InChI is InChI=1S/C63H54BN2OS/c1-60(2,3)34-18-20-35(21-19-34)65-51-33-57-44(45-28-48-49(31-56(45)68-57)62(6,7)25-24-61(48,4)5)27-41(51)38-22-23-39-42-26-40-36-14-10-12-16-46(36)63(8,9)47(40)30-52(42)66-53-29-43-37-15-11-13-17-54(37)67-55(43)32-50(53)64-58(38)59(39)66/h10-23,26-33,65H,24-25H2,1-9H3. The highest BCUT2D eigenvalue weighted by Gasteiger charge is 2.39. The van der Waals surface area contributed by atoms with E-state index in [1.54, 1.807) is 0 Å². The number of aromatic nitrogens is 1. The van der Waals surface area contributed by atoms with Crippen molar-refractivity contribution in [1.29, 1.82) is 0 Å². The Hall–Kier alpha value is -6.56. The predicted octanol–water partition coefficient (Wildman–Crippen LogP) is 16.4. The number of benzene rings is 8. The Kier molecular flexibility index (Phi) is 7.96. The van der Waals surface area contributed by atoms with Gasteiger partial charge in [-0.3, -0.25) is 0 Å². The summed E-state index contributed by atoms with van der Waals surface area (Å²) in [5.41, 5.74) is 22.5. The quantitative estimate of drug-likeness (QED) is 0.179. The summed E-state index contributed by atoms with van der Waals surface area (Å²) in [6.45, 7) is 21.4. The van der Waals surface area contributed by atoms with E-state index in [1.807, 2.05) is 11.3 Å². The number of hydrogen-bond acceptors (Lipinski definition) is 3. The molecule has 1 aliphatic heterocycles. The molecule has 331 valence electrons. The van der Waals surface area contributed by atoms with Crippen LogP contribution in [0.2, 0.25) is 0 Å². The molecule has 3 nitrogen and oxygen atoms in total. The summed E-state index contributed by atoms with van der Waals surface area (Å²) in [5.74, 6) is 0. The molecule has 0 bridgehead atoms. The van der Waals surface area contributed by atoms with E-state index in [4.69, 9.17) is 4.42 Å². The second kappa shape index (κ2) is 13.4. The average molecular weight is 898 g/mol. The largest absolute Gasteiger partial charge is 0.456 e. The Morgan fingerprint density at radius 3 is 2.06 bits per heavy atom. The summed E-state index contributed by atoms with van der Waals surface area (Å²) >= 11 is 1.94. The Morgan fingerprint density at radius 1 is 0.559 bits per heavy atom. The molecule has 4 heterocycles. The minimum absolute atomic E-state index is 0.0673. The zero-order chi connectivity index (χ0) is 46.4. The molecule has 0 amide bonds. The maximum absolute atomic E-state index is 6.61. The lowest BCUT2D eigenvalue weighted by Gasteiger charge is -2.41. The third-order valence-corrected chi connectivity index (χ3v) is 17.8. The van der Waals surface area contributed by atoms with Gasteiger partial charge in [-0.25, -0.2) is 0 Å². The number of fused-ring (bicyclic) bond motifs is 15. The lowest BCUT2D eigenvalue weighted by Crippen LogP contribution is -2.37. The third kappa shape index (κ3) is 5.54. The van der Waals surface area contributed by atoms with Crippen LogP contribution in [0.5, 0.6) is 0 Å². The number of nitrogens with one attached hydrogen (secondary N) is 1. The maximum Gasteiger partial charge on any atom is 0.198 e. The van der Waals surface area contributed by atoms with Crippen LogP contribution >= 0.6 is 11.3 Å². The molecule has 11 aromatic rings. The summed E-state index contributed by atoms with van der Waals surface area (Å²) in [5, 5.41) is 11.5. The van der Waals surface area contributed by atoms with E-state index in [0.29, 0.717) is 0 Å². The lowest BCUT2D eigenvalue weighted by atomic mass is 9.59. The first kappa shape index (κ1) is 40.5. The molecule has 68 heavy (non-hydrogen) atoms. The van der Waals surface area contributed by atoms with Crippen molar-refractivity contribution in [2.45, 2.75) is 96.8 Å². The van der Waals surface area contributed by atoms with Crippen LogP contribution in [0.25, 0.3) is 91.9 Å². The first-order chi connectivity index (χ1) is 32.5. The van der Waals surface area contributed by atoms with Crippen LogP contribution in [0.15, 0.2) is 138 Å². The fourth-order valence-corrected chi connectivity index (χ4v) is 13.8. The summed E-state index contributed by atoms with van der Waals surface area (Å²) < 4.78 is 11.9. The van der Waals surface area contributed by atoms with Crippen molar-refractivity contribution in [2.24, 2.45) is 0 Å². The zero-order valence-corrected chi connectivity index (χ0v) is 41.3. The maximum atomic E-state index is 6.61. The first-order valence-electron chi connectivity index (χ1n) is 24.5. The van der Waals surface area contributed by atoms with E-state index in [2.05, 4.69) is 213 Å². The van der Waals surface area contributed by atoms with Gasteiger partial charge in [-0.15, -0.1) is 11.3 Å². The molecule has 0 unspecified atom stereocenters. The van der Waals surface area contributed by atoms with Crippen molar-refractivity contribution in [1.82, 2.24) is 4.57 Å². The van der Waals surface area contributed by atoms with Gasteiger partial charge in [0, 0.05) is 75.3 Å². The van der Waals surface area contributed by atoms with Crippen LogP contribution in [0.3, 0.4) is 0 Å². The fraction of sp³-hybridized carbons (Fsp3) is 0.238. The van der Waals surface area contributed by atoms with Crippen LogP contribution in [-0.2, 0) is 21.7 Å². The highest BCUT2D eigenvalue weighted by Crippen LogP contribution is 2.53. The van der Waals surface area contributed by atoms with Crippen molar-refractivity contribution < 1.29 is 4.42 Å². The molecule has 0 saturated heterocycles. The number of para-hydroxylation sites is 1. The Balaban J connectivity index is 1.07. The minimum atomic E-state index is -0.131. The summed E-state index contributed by atoms with van der Waals surface area (Å²) in [4.78, 5) is 0. The summed E-state index contributed by atoms with van der Waals surface area (Å²) in [6.07, 6.45) is 2.39. The molecule has 0 atom stereocenters. The van der Waals surface area contributed by atoms with Gasteiger partial charge in [0.2, 0.25) is 0 Å². The SMILES string of the molecule is CC(C)(C)c1ccc(Nc2cc3sc4cc5c(cc4c3cc2-c2ccc3c4cc6c(cc4n4c3c2[B]c2cc3oc7ccccc7c3cc2-4)C(C)(C)c2ccccc2-6)C(C)(C)CCC5(C)C)cc1. The monoisotopic (exact) mass is 897 g/mol. The zero-order valence-electron chi connectivity index (χ0n) is 40.5. The highest BCUT2D eigenvalue weighted by molar-refractivity contribution is 7.25. The lowest BCUT2D eigenvalue weighted by molar-refractivity contribution is 0.332. The van der Waals surface area contributed by atoms with Crippen LogP contribution in [0.1, 0.15) is 103 Å². The molecular formula is C63H54BN2OS. The topological polar surface area (TPSA) is 30.1 Å². The van der Waals surface area contributed by atoms with E-state index in [1.165, 1.54) is 116 Å². The van der Waals surface area contributed by atoms with E-state index < -0.39 is 0 Å². The summed E-state index contributed by atoms with van der Waals surface area (Å²) in [6, 6.07) is 51.1. The molecule has 0 saturated carbocycles. The van der Waals surface area contributed by atoms with Gasteiger partial charge in [-0.2, -0.15) is 0 Å². The van der Waals surface area contributed by atoms with Crippen LogP contribution in [0, 0.1) is 0 Å². The summed E-state index contributed by atoms with van der Waals surface area (Å²) in [7, 11) is 2.45. The fourth-order valence-electron chi connectivity index (χ4n) is 12.6. The van der Waals surface area contributed by atoms with Gasteiger partial charge in [0.15, 0.2) is 7.28 Å². The average Bonchev–Trinajstić information content (AvgIpc) is 4.02. The van der Waals surface area contributed by atoms with Gasteiger partial charge < -0.3 is 14.3 Å². The Labute approximate surface area is 403 Å². The molecule has 1 radical (unpaired) electrons. The van der Waals surface area contributed by atoms with Gasteiger partial charge in [-0.1, -0.05) is 135 Å². The third-order valence-electron chi connectivity index (χ3n) is 16.6. The van der Waals surface area contributed by atoms with Gasteiger partial charge in [0.1, 0.15) is 11.2 Å². The van der Waals surface area contributed by atoms with Crippen LogP contribution < -0.4 is 16.2 Å². The molecular weight excluding hydrogens is 844 g/mol. The van der Waals surface area contributed by atoms with Gasteiger partial charge in [-0.05, 0) is 146 Å². The van der Waals surface area contributed by atoms with Crippen molar-refractivity contribution in [3.63, 3.8) is 0 Å². The van der Waals surface area contributed by atoms with Crippen molar-refractivity contribution >= 4 is 105 Å². The smallest absolute Gasteiger partial charge is 0.198 e. The molecule has 14 rings (SSSR count). The van der Waals surface area contributed by atoms with Crippen molar-refractivity contribution in [3.05, 3.63) is 161 Å². The van der Waals surface area contributed by atoms with E-state index in [9.17, 15) is 0 Å². The van der Waals surface area contributed by atoms with Crippen LogP contribution in [0.4, 0.5) is 11.4 Å². The Morgan fingerprint density at radius 2 is 1.26 bits per heavy atom. The van der Waals surface area contributed by atoms with Gasteiger partial charge >= 0.3 is 0 Å². The van der Waals surface area contributed by atoms with Gasteiger partial charge in [0.05, 0.1) is 5.52 Å². The molecule has 1 N–H and O–H groups in total. The first-order valence-corrected chi connectivity index (χ1v) is 25.3. The molecule has 3 aliphatic rings. The molecule has 0 spiro atoms. The number of anilines is 2. The number of furan rings is 1.